The summed E-state index contributed by atoms with van der Waals surface area (Å²) >= 11 is 6.26. The van der Waals surface area contributed by atoms with E-state index in [1.807, 2.05) is 6.08 Å². The zero-order valence-electron chi connectivity index (χ0n) is 18.3. The summed E-state index contributed by atoms with van der Waals surface area (Å²) < 4.78 is 39.6. The average Bonchev–Trinajstić information content (AvgIpc) is 3.49. The van der Waals surface area contributed by atoms with Crippen molar-refractivity contribution in [1.29, 1.82) is 0 Å². The molecular weight excluding hydrogens is 574 g/mol. The maximum atomic E-state index is 13.5. The molecule has 1 fully saturated rings. The van der Waals surface area contributed by atoms with Gasteiger partial charge in [-0.25, -0.2) is 13.5 Å². The van der Waals surface area contributed by atoms with E-state index in [1.54, 1.807) is 35.5 Å². The van der Waals surface area contributed by atoms with Crippen molar-refractivity contribution in [3.05, 3.63) is 69.6 Å². The summed E-state index contributed by atoms with van der Waals surface area (Å²) in [4.78, 5) is 0. The first-order chi connectivity index (χ1) is 16.5. The van der Waals surface area contributed by atoms with Crippen LogP contribution in [0.5, 0.6) is 0 Å². The maximum Gasteiger partial charge on any atom is 0.150 e. The van der Waals surface area contributed by atoms with Gasteiger partial charge in [-0.05, 0) is 82.2 Å². The highest BCUT2D eigenvalue weighted by Gasteiger charge is 2.19. The Balaban J connectivity index is 0.000000137. The molecule has 1 saturated heterocycles. The molecule has 180 valence electrons. The van der Waals surface area contributed by atoms with Crippen LogP contribution in [-0.2, 0) is 9.47 Å². The largest absolute Gasteiger partial charge is 0.502 e. The third kappa shape index (κ3) is 6.22. The number of hydrogen-bond acceptors (Lipinski definition) is 4. The molecule has 1 atom stereocenters. The zero-order chi connectivity index (χ0) is 23.9. The second-order valence-corrected chi connectivity index (χ2v) is 9.55. The number of H-pyrrole nitrogens is 1. The van der Waals surface area contributed by atoms with E-state index in [4.69, 9.17) is 9.47 Å². The predicted octanol–water partition coefficient (Wildman–Crippen LogP) is 7.41. The standard InChI is InChI=1S/C12H12BrFN2O.C7H4BrFN2.C5H8O/c13-9-5-8-7-15-16(11(8)6-10(9)14)12-3-1-2-4-17-12;8-5-1-4-3-10-11-7(4)2-6(5)9;1-2-4-6-5-3-1/h5-7,12H,1-4H2;1-3H,(H,10,11);2,4H,1,3,5H2. The number of fused-ring (bicyclic) bond motifs is 2. The van der Waals surface area contributed by atoms with E-state index in [2.05, 4.69) is 47.2 Å². The number of aromatic amines is 1. The molecule has 1 N–H and O–H groups in total. The van der Waals surface area contributed by atoms with Crippen molar-refractivity contribution in [2.75, 3.05) is 13.2 Å². The lowest BCUT2D eigenvalue weighted by Gasteiger charge is -2.23. The third-order valence-corrected chi connectivity index (χ3v) is 6.59. The fraction of sp³-hybridized carbons (Fsp3) is 0.333. The van der Waals surface area contributed by atoms with E-state index in [1.165, 1.54) is 25.0 Å². The smallest absolute Gasteiger partial charge is 0.150 e. The molecule has 2 aromatic heterocycles. The molecule has 0 radical (unpaired) electrons. The summed E-state index contributed by atoms with van der Waals surface area (Å²) in [6, 6.07) is 6.35. The molecule has 2 aromatic carbocycles. The number of allylic oxidation sites excluding steroid dienone is 1. The Bertz CT molecular complexity index is 1220. The Labute approximate surface area is 212 Å². The highest BCUT2D eigenvalue weighted by molar-refractivity contribution is 9.10. The molecule has 0 saturated carbocycles. The van der Waals surface area contributed by atoms with Crippen LogP contribution in [0.15, 0.2) is 57.9 Å². The molecule has 6 nitrogen and oxygen atoms in total. The van der Waals surface area contributed by atoms with Crippen LogP contribution in [0, 0.1) is 11.6 Å². The van der Waals surface area contributed by atoms with Crippen LogP contribution in [-0.4, -0.2) is 33.2 Å². The van der Waals surface area contributed by atoms with Gasteiger partial charge in [-0.2, -0.15) is 10.2 Å². The number of ether oxygens (including phenoxy) is 2. The van der Waals surface area contributed by atoms with Crippen molar-refractivity contribution in [2.24, 2.45) is 0 Å². The van der Waals surface area contributed by atoms with E-state index in [9.17, 15) is 8.78 Å². The number of rotatable bonds is 1. The SMILES string of the molecule is C1=COCCC1.Fc1cc2[nH]ncc2cc1Br.Fc1cc2c(cnn2C2CCCCO2)cc1Br. The lowest BCUT2D eigenvalue weighted by Crippen LogP contribution is -2.18. The van der Waals surface area contributed by atoms with Gasteiger partial charge < -0.3 is 9.47 Å². The number of benzene rings is 2. The second-order valence-electron chi connectivity index (χ2n) is 7.84. The molecule has 2 aliphatic heterocycles. The van der Waals surface area contributed by atoms with Crippen LogP contribution >= 0.6 is 31.9 Å². The van der Waals surface area contributed by atoms with Gasteiger partial charge in [0.1, 0.15) is 11.6 Å². The van der Waals surface area contributed by atoms with Crippen LogP contribution in [0.3, 0.4) is 0 Å². The molecule has 4 aromatic rings. The normalized spacial score (nSPS) is 17.5. The van der Waals surface area contributed by atoms with Gasteiger partial charge in [0.05, 0.1) is 45.2 Å². The highest BCUT2D eigenvalue weighted by Crippen LogP contribution is 2.29. The van der Waals surface area contributed by atoms with E-state index in [-0.39, 0.29) is 17.9 Å². The van der Waals surface area contributed by atoms with E-state index in [0.29, 0.717) is 14.5 Å². The molecule has 10 heteroatoms. The molecule has 0 amide bonds. The number of nitrogens with one attached hydrogen (secondary N) is 1. The average molecular weight is 598 g/mol. The lowest BCUT2D eigenvalue weighted by molar-refractivity contribution is -0.0366. The summed E-state index contributed by atoms with van der Waals surface area (Å²) in [6.07, 6.45) is 12.7. The monoisotopic (exact) mass is 596 g/mol. The molecule has 4 heterocycles. The van der Waals surface area contributed by atoms with Crippen LogP contribution in [0.1, 0.15) is 38.3 Å². The van der Waals surface area contributed by atoms with Gasteiger partial charge in [-0.3, -0.25) is 5.10 Å². The van der Waals surface area contributed by atoms with Crippen molar-refractivity contribution in [1.82, 2.24) is 20.0 Å². The summed E-state index contributed by atoms with van der Waals surface area (Å²) in [6.45, 7) is 1.67. The number of aromatic nitrogens is 4. The molecule has 0 aliphatic carbocycles. The molecule has 6 rings (SSSR count). The van der Waals surface area contributed by atoms with Crippen LogP contribution in [0.2, 0.25) is 0 Å². The fourth-order valence-electron chi connectivity index (χ4n) is 3.61. The zero-order valence-corrected chi connectivity index (χ0v) is 21.5. The van der Waals surface area contributed by atoms with E-state index in [0.717, 1.165) is 48.8 Å². The van der Waals surface area contributed by atoms with Gasteiger partial charge >= 0.3 is 0 Å². The summed E-state index contributed by atoms with van der Waals surface area (Å²) in [7, 11) is 0. The predicted molar refractivity (Wildman–Crippen MR) is 134 cm³/mol. The Morgan fingerprint density at radius 2 is 1.74 bits per heavy atom. The van der Waals surface area contributed by atoms with Crippen LogP contribution in [0.25, 0.3) is 21.8 Å². The summed E-state index contributed by atoms with van der Waals surface area (Å²) in [5.41, 5.74) is 1.50. The lowest BCUT2D eigenvalue weighted by atomic mass is 10.2. The molecule has 1 unspecified atom stereocenters. The van der Waals surface area contributed by atoms with Crippen LogP contribution < -0.4 is 0 Å². The van der Waals surface area contributed by atoms with Gasteiger partial charge in [0.2, 0.25) is 0 Å². The van der Waals surface area contributed by atoms with E-state index < -0.39 is 0 Å². The van der Waals surface area contributed by atoms with Crippen molar-refractivity contribution >= 4 is 53.7 Å². The van der Waals surface area contributed by atoms with Crippen molar-refractivity contribution in [3.8, 4) is 0 Å². The Kier molecular flexibility index (Phi) is 8.69. The Morgan fingerprint density at radius 1 is 0.941 bits per heavy atom. The van der Waals surface area contributed by atoms with Gasteiger partial charge in [-0.1, -0.05) is 0 Å². The van der Waals surface area contributed by atoms with Crippen LogP contribution in [0.4, 0.5) is 8.78 Å². The molecule has 0 spiro atoms. The van der Waals surface area contributed by atoms with Gasteiger partial charge in [0, 0.05) is 29.5 Å². The Hall–Kier alpha value is -2.30. The first-order valence-electron chi connectivity index (χ1n) is 11.0. The molecule has 0 bridgehead atoms. The molecular formula is C24H24Br2F2N4O2. The quantitative estimate of drug-likeness (QED) is 0.248. The van der Waals surface area contributed by atoms with Gasteiger partial charge in [0.25, 0.3) is 0 Å². The number of halogens is 4. The topological polar surface area (TPSA) is 65.0 Å². The maximum absolute atomic E-state index is 13.5. The minimum absolute atomic E-state index is 0.0539. The first kappa shape index (κ1) is 24.8. The van der Waals surface area contributed by atoms with Crippen molar-refractivity contribution < 1.29 is 18.3 Å². The molecule has 2 aliphatic rings. The van der Waals surface area contributed by atoms with Gasteiger partial charge in [-0.15, -0.1) is 0 Å². The minimum atomic E-state index is -0.276. The summed E-state index contributed by atoms with van der Waals surface area (Å²) in [5, 5.41) is 12.6. The minimum Gasteiger partial charge on any atom is -0.502 e. The van der Waals surface area contributed by atoms with Gasteiger partial charge in [0.15, 0.2) is 6.23 Å². The third-order valence-electron chi connectivity index (χ3n) is 5.37. The van der Waals surface area contributed by atoms with Crippen molar-refractivity contribution in [2.45, 2.75) is 38.3 Å². The fourth-order valence-corrected chi connectivity index (χ4v) is 4.33. The van der Waals surface area contributed by atoms with E-state index >= 15 is 0 Å². The number of nitrogens with zero attached hydrogens (tertiary/aromatic N) is 3. The first-order valence-corrected chi connectivity index (χ1v) is 12.6. The summed E-state index contributed by atoms with van der Waals surface area (Å²) in [5.74, 6) is -0.545. The van der Waals surface area contributed by atoms with Crippen molar-refractivity contribution in [3.63, 3.8) is 0 Å². The second kappa shape index (κ2) is 11.9. The Morgan fingerprint density at radius 3 is 2.38 bits per heavy atom. The molecule has 34 heavy (non-hydrogen) atoms. The number of hydrogen-bond donors (Lipinski definition) is 1. The highest BCUT2D eigenvalue weighted by atomic mass is 79.9.